The van der Waals surface area contributed by atoms with Crippen molar-refractivity contribution < 1.29 is 10.0 Å². The Morgan fingerprint density at radius 3 is 2.62 bits per heavy atom. The van der Waals surface area contributed by atoms with Crippen LogP contribution >= 0.6 is 15.9 Å². The van der Waals surface area contributed by atoms with Crippen molar-refractivity contribution in [3.63, 3.8) is 0 Å². The standard InChI is InChI=1S/C15H13BrN2O3/c1-9-3-4-13(10(2)5-9)17-8-11-6-12(16)7-14(15(11)19)18(20)21/h3-8,19H,1-2H3/b17-8+. The Labute approximate surface area is 130 Å². The minimum atomic E-state index is -0.630. The van der Waals surface area contributed by atoms with E-state index in [1.165, 1.54) is 12.3 Å². The van der Waals surface area contributed by atoms with Crippen LogP contribution in [-0.2, 0) is 0 Å². The molecule has 0 atom stereocenters. The average molecular weight is 349 g/mol. The minimum Gasteiger partial charge on any atom is -0.502 e. The van der Waals surface area contributed by atoms with Crippen LogP contribution in [0.3, 0.4) is 0 Å². The number of aliphatic imine (C=N–C) groups is 1. The number of benzene rings is 2. The van der Waals surface area contributed by atoms with E-state index in [9.17, 15) is 15.2 Å². The number of rotatable bonds is 3. The smallest absolute Gasteiger partial charge is 0.312 e. The number of nitro groups is 1. The molecule has 0 saturated carbocycles. The monoisotopic (exact) mass is 348 g/mol. The lowest BCUT2D eigenvalue weighted by atomic mass is 10.1. The summed E-state index contributed by atoms with van der Waals surface area (Å²) in [6.45, 7) is 3.92. The lowest BCUT2D eigenvalue weighted by Crippen LogP contribution is -1.92. The van der Waals surface area contributed by atoms with Crippen LogP contribution in [0.15, 0.2) is 39.8 Å². The van der Waals surface area contributed by atoms with Crippen molar-refractivity contribution in [3.8, 4) is 5.75 Å². The van der Waals surface area contributed by atoms with Gasteiger partial charge >= 0.3 is 5.69 Å². The summed E-state index contributed by atoms with van der Waals surface area (Å²) >= 11 is 3.19. The zero-order chi connectivity index (χ0) is 15.6. The molecule has 5 nitrogen and oxygen atoms in total. The van der Waals surface area contributed by atoms with Crippen LogP contribution in [-0.4, -0.2) is 16.2 Å². The Bertz CT molecular complexity index is 742. The lowest BCUT2D eigenvalue weighted by molar-refractivity contribution is -0.385. The zero-order valence-electron chi connectivity index (χ0n) is 11.5. The van der Waals surface area contributed by atoms with Crippen molar-refractivity contribution in [1.82, 2.24) is 0 Å². The summed E-state index contributed by atoms with van der Waals surface area (Å²) in [4.78, 5) is 14.5. The highest BCUT2D eigenvalue weighted by Crippen LogP contribution is 2.32. The molecule has 0 aliphatic carbocycles. The maximum atomic E-state index is 10.9. The van der Waals surface area contributed by atoms with Crippen LogP contribution in [0.2, 0.25) is 0 Å². The normalized spacial score (nSPS) is 11.0. The van der Waals surface area contributed by atoms with Crippen LogP contribution < -0.4 is 0 Å². The van der Waals surface area contributed by atoms with Crippen molar-refractivity contribution in [2.45, 2.75) is 13.8 Å². The van der Waals surface area contributed by atoms with E-state index >= 15 is 0 Å². The van der Waals surface area contributed by atoms with E-state index < -0.39 is 10.7 Å². The van der Waals surface area contributed by atoms with Gasteiger partial charge in [0.15, 0.2) is 0 Å². The summed E-state index contributed by atoms with van der Waals surface area (Å²) in [6, 6.07) is 8.63. The number of hydrogen-bond acceptors (Lipinski definition) is 4. The summed E-state index contributed by atoms with van der Waals surface area (Å²) in [5, 5.41) is 20.8. The summed E-state index contributed by atoms with van der Waals surface area (Å²) < 4.78 is 0.508. The molecule has 1 N–H and O–H groups in total. The van der Waals surface area contributed by atoms with Gasteiger partial charge in [0.05, 0.1) is 10.6 Å². The second kappa shape index (κ2) is 6.05. The lowest BCUT2D eigenvalue weighted by Gasteiger charge is -2.03. The number of aryl methyl sites for hydroxylation is 2. The summed E-state index contributed by atoms with van der Waals surface area (Å²) in [5.41, 5.74) is 2.81. The molecule has 0 fully saturated rings. The number of nitro benzene ring substituents is 1. The molecular formula is C15H13BrN2O3. The molecule has 0 amide bonds. The molecule has 0 bridgehead atoms. The largest absolute Gasteiger partial charge is 0.502 e. The van der Waals surface area contributed by atoms with Gasteiger partial charge in [0.2, 0.25) is 5.75 Å². The van der Waals surface area contributed by atoms with E-state index in [-0.39, 0.29) is 11.3 Å². The van der Waals surface area contributed by atoms with E-state index in [2.05, 4.69) is 20.9 Å². The quantitative estimate of drug-likeness (QED) is 0.506. The van der Waals surface area contributed by atoms with Gasteiger partial charge in [0.25, 0.3) is 0 Å². The first-order valence-electron chi connectivity index (χ1n) is 6.16. The molecule has 0 saturated heterocycles. The van der Waals surface area contributed by atoms with E-state index in [1.54, 1.807) is 6.07 Å². The highest BCUT2D eigenvalue weighted by molar-refractivity contribution is 9.10. The van der Waals surface area contributed by atoms with Crippen molar-refractivity contribution >= 4 is 33.5 Å². The molecule has 21 heavy (non-hydrogen) atoms. The predicted molar refractivity (Wildman–Crippen MR) is 85.6 cm³/mol. The van der Waals surface area contributed by atoms with E-state index in [0.717, 1.165) is 16.8 Å². The molecule has 2 rings (SSSR count). The van der Waals surface area contributed by atoms with Gasteiger partial charge in [-0.3, -0.25) is 15.1 Å². The number of aromatic hydroxyl groups is 1. The molecule has 2 aromatic carbocycles. The average Bonchev–Trinajstić information content (AvgIpc) is 2.40. The Hall–Kier alpha value is -2.21. The van der Waals surface area contributed by atoms with E-state index in [1.807, 2.05) is 32.0 Å². The van der Waals surface area contributed by atoms with Gasteiger partial charge in [0.1, 0.15) is 0 Å². The number of phenolic OH excluding ortho intramolecular Hbond substituents is 1. The van der Waals surface area contributed by atoms with Crippen LogP contribution in [0, 0.1) is 24.0 Å². The molecule has 0 spiro atoms. The number of phenols is 1. The number of nitrogens with zero attached hydrogens (tertiary/aromatic N) is 2. The van der Waals surface area contributed by atoms with Crippen LogP contribution in [0.25, 0.3) is 0 Å². The van der Waals surface area contributed by atoms with Gasteiger partial charge < -0.3 is 5.11 Å². The predicted octanol–water partition coefficient (Wildman–Crippen LogP) is 4.43. The molecule has 0 aromatic heterocycles. The third kappa shape index (κ3) is 3.46. The fourth-order valence-corrected chi connectivity index (χ4v) is 2.40. The highest BCUT2D eigenvalue weighted by Gasteiger charge is 2.17. The molecule has 6 heteroatoms. The van der Waals surface area contributed by atoms with Gasteiger partial charge in [-0.2, -0.15) is 0 Å². The van der Waals surface area contributed by atoms with Crippen LogP contribution in [0.5, 0.6) is 5.75 Å². The maximum Gasteiger partial charge on any atom is 0.312 e. The summed E-state index contributed by atoms with van der Waals surface area (Å²) in [7, 11) is 0. The third-order valence-electron chi connectivity index (χ3n) is 2.98. The zero-order valence-corrected chi connectivity index (χ0v) is 13.1. The maximum absolute atomic E-state index is 10.9. The van der Waals surface area contributed by atoms with Crippen molar-refractivity contribution in [3.05, 3.63) is 61.6 Å². The van der Waals surface area contributed by atoms with Gasteiger partial charge in [-0.25, -0.2) is 0 Å². The molecule has 0 aliphatic rings. The molecule has 0 aliphatic heterocycles. The Balaban J connectivity index is 2.43. The summed E-state index contributed by atoms with van der Waals surface area (Å²) in [5.74, 6) is -0.392. The van der Waals surface area contributed by atoms with E-state index in [0.29, 0.717) is 4.47 Å². The second-order valence-electron chi connectivity index (χ2n) is 4.67. The SMILES string of the molecule is Cc1ccc(/N=C/c2cc(Br)cc([N+](=O)[O-])c2O)c(C)c1. The second-order valence-corrected chi connectivity index (χ2v) is 5.58. The van der Waals surface area contributed by atoms with Gasteiger partial charge in [-0.1, -0.05) is 33.6 Å². The Kier molecular flexibility index (Phi) is 4.37. The van der Waals surface area contributed by atoms with Crippen molar-refractivity contribution in [1.29, 1.82) is 0 Å². The Morgan fingerprint density at radius 1 is 1.29 bits per heavy atom. The number of halogens is 1. The molecule has 108 valence electrons. The van der Waals surface area contributed by atoms with Gasteiger partial charge in [-0.05, 0) is 31.5 Å². The first-order valence-corrected chi connectivity index (χ1v) is 6.96. The highest BCUT2D eigenvalue weighted by atomic mass is 79.9. The first kappa shape index (κ1) is 15.2. The first-order chi connectivity index (χ1) is 9.88. The molecule has 0 radical (unpaired) electrons. The minimum absolute atomic E-state index is 0.288. The fourth-order valence-electron chi connectivity index (χ4n) is 1.93. The number of hydrogen-bond donors (Lipinski definition) is 1. The molecule has 0 heterocycles. The fraction of sp³-hybridized carbons (Fsp3) is 0.133. The van der Waals surface area contributed by atoms with Crippen LogP contribution in [0.1, 0.15) is 16.7 Å². The van der Waals surface area contributed by atoms with Crippen LogP contribution in [0.4, 0.5) is 11.4 Å². The van der Waals surface area contributed by atoms with Crippen molar-refractivity contribution in [2.75, 3.05) is 0 Å². The third-order valence-corrected chi connectivity index (χ3v) is 3.43. The summed E-state index contributed by atoms with van der Waals surface area (Å²) in [6.07, 6.45) is 1.42. The Morgan fingerprint density at radius 2 is 2.00 bits per heavy atom. The van der Waals surface area contributed by atoms with Crippen molar-refractivity contribution in [2.24, 2.45) is 4.99 Å². The topological polar surface area (TPSA) is 75.7 Å². The molecule has 0 unspecified atom stereocenters. The molecule has 2 aromatic rings. The molecular weight excluding hydrogens is 336 g/mol. The van der Waals surface area contributed by atoms with Gasteiger partial charge in [-0.15, -0.1) is 0 Å². The van der Waals surface area contributed by atoms with E-state index in [4.69, 9.17) is 0 Å². The van der Waals surface area contributed by atoms with Gasteiger partial charge in [0, 0.05) is 22.3 Å².